The fraction of sp³-hybridized carbons (Fsp3) is 0.355. The molecule has 1 aliphatic heterocycles. The molecule has 1 fully saturated rings. The smallest absolute Gasteiger partial charge is 0.331 e. The number of hydrogen-bond donors (Lipinski definition) is 2. The maximum Gasteiger partial charge on any atom is 0.331 e. The number of rotatable bonds is 10. The molecule has 224 valence electrons. The first kappa shape index (κ1) is 31.9. The molecule has 42 heavy (non-hydrogen) atoms. The number of para-hydroxylation sites is 2. The van der Waals surface area contributed by atoms with Crippen LogP contribution < -0.4 is 20.9 Å². The van der Waals surface area contributed by atoms with E-state index in [1.807, 2.05) is 62.4 Å². The molecule has 2 N–H and O–H groups in total. The molecule has 11 heteroatoms. The lowest BCUT2D eigenvalue weighted by atomic mass is 10.2. The lowest BCUT2D eigenvalue weighted by Crippen LogP contribution is -2.47. The van der Waals surface area contributed by atoms with Gasteiger partial charge in [-0.1, -0.05) is 42.5 Å². The molecule has 1 aromatic heterocycles. The quantitative estimate of drug-likeness (QED) is 0.348. The number of aromatic nitrogens is 2. The SMILES string of the molecule is COc1ccccc1N1CCN(CCCn2c(C)c(C)c(=O)n(Cc3ccccc3)c2=O)CC1.O=C(O)/C=C/C(=O)O. The summed E-state index contributed by atoms with van der Waals surface area (Å²) in [6.07, 6.45) is 1.98. The van der Waals surface area contributed by atoms with Gasteiger partial charge in [0.2, 0.25) is 0 Å². The van der Waals surface area contributed by atoms with Gasteiger partial charge in [-0.3, -0.25) is 18.8 Å². The Kier molecular flexibility index (Phi) is 11.7. The normalized spacial score (nSPS) is 13.5. The highest BCUT2D eigenvalue weighted by atomic mass is 16.5. The average Bonchev–Trinajstić information content (AvgIpc) is 3.00. The Balaban J connectivity index is 0.000000531. The number of methoxy groups -OCH3 is 1. The number of carbonyl (C=O) groups is 2. The number of aliphatic carboxylic acids is 2. The first-order valence-electron chi connectivity index (χ1n) is 13.7. The van der Waals surface area contributed by atoms with Gasteiger partial charge in [-0.2, -0.15) is 0 Å². The maximum absolute atomic E-state index is 13.2. The molecule has 0 unspecified atom stereocenters. The Labute approximate surface area is 244 Å². The molecule has 0 atom stereocenters. The zero-order valence-corrected chi connectivity index (χ0v) is 24.2. The van der Waals surface area contributed by atoms with E-state index in [-0.39, 0.29) is 11.2 Å². The van der Waals surface area contributed by atoms with Gasteiger partial charge in [0.05, 0.1) is 19.3 Å². The van der Waals surface area contributed by atoms with Gasteiger partial charge in [0, 0.05) is 56.1 Å². The number of anilines is 1. The Hall–Kier alpha value is -4.64. The van der Waals surface area contributed by atoms with Crippen LogP contribution in [0.2, 0.25) is 0 Å². The molecule has 0 bridgehead atoms. The minimum absolute atomic E-state index is 0.199. The van der Waals surface area contributed by atoms with Crippen molar-refractivity contribution >= 4 is 17.6 Å². The van der Waals surface area contributed by atoms with Crippen LogP contribution in [0.1, 0.15) is 23.2 Å². The van der Waals surface area contributed by atoms with Crippen LogP contribution in [0.25, 0.3) is 0 Å². The van der Waals surface area contributed by atoms with Crippen molar-refractivity contribution in [1.29, 1.82) is 0 Å². The van der Waals surface area contributed by atoms with E-state index in [0.29, 0.717) is 30.8 Å². The van der Waals surface area contributed by atoms with E-state index >= 15 is 0 Å². The topological polar surface area (TPSA) is 134 Å². The standard InChI is InChI=1S/C27H34N4O3.C4H4O4/c1-21-22(2)30(27(33)31(26(21)32)20-23-10-5-4-6-11-23)15-9-14-28-16-18-29(19-17-28)24-12-7-8-13-25(24)34-3;5-3(6)1-2-4(7)8/h4-8,10-13H,9,14-20H2,1-3H3;1-2H,(H,5,6)(H,7,8)/b;2-1+. The molecule has 0 radical (unpaired) electrons. The molecule has 3 aromatic rings. The lowest BCUT2D eigenvalue weighted by Gasteiger charge is -2.36. The van der Waals surface area contributed by atoms with E-state index in [1.54, 1.807) is 11.7 Å². The lowest BCUT2D eigenvalue weighted by molar-refractivity contribution is -0.134. The molecule has 0 aliphatic carbocycles. The number of carboxylic acids is 2. The molecule has 0 spiro atoms. The third kappa shape index (κ3) is 8.68. The van der Waals surface area contributed by atoms with Crippen molar-refractivity contribution in [3.05, 3.63) is 104 Å². The maximum atomic E-state index is 13.2. The first-order valence-corrected chi connectivity index (χ1v) is 13.7. The number of nitrogens with zero attached hydrogens (tertiary/aromatic N) is 4. The highest BCUT2D eigenvalue weighted by molar-refractivity contribution is 5.89. The molecule has 2 heterocycles. The van der Waals surface area contributed by atoms with Crippen LogP contribution in [0.3, 0.4) is 0 Å². The van der Waals surface area contributed by atoms with Crippen LogP contribution >= 0.6 is 0 Å². The van der Waals surface area contributed by atoms with Crippen molar-refractivity contribution in [3.63, 3.8) is 0 Å². The van der Waals surface area contributed by atoms with Gasteiger partial charge >= 0.3 is 17.6 Å². The molecule has 2 aromatic carbocycles. The van der Waals surface area contributed by atoms with Gasteiger partial charge in [-0.05, 0) is 44.5 Å². The van der Waals surface area contributed by atoms with Crippen LogP contribution in [0.15, 0.2) is 76.3 Å². The molecule has 11 nitrogen and oxygen atoms in total. The van der Waals surface area contributed by atoms with Crippen molar-refractivity contribution in [3.8, 4) is 5.75 Å². The molecule has 0 saturated carbocycles. The van der Waals surface area contributed by atoms with E-state index < -0.39 is 11.9 Å². The summed E-state index contributed by atoms with van der Waals surface area (Å²) in [4.78, 5) is 49.9. The van der Waals surface area contributed by atoms with E-state index in [4.69, 9.17) is 14.9 Å². The third-order valence-corrected chi connectivity index (χ3v) is 7.18. The summed E-state index contributed by atoms with van der Waals surface area (Å²) in [7, 11) is 1.71. The predicted molar refractivity (Wildman–Crippen MR) is 161 cm³/mol. The van der Waals surface area contributed by atoms with Gasteiger partial charge in [0.1, 0.15) is 5.75 Å². The third-order valence-electron chi connectivity index (χ3n) is 7.18. The van der Waals surface area contributed by atoms with Crippen LogP contribution in [0.5, 0.6) is 5.75 Å². The van der Waals surface area contributed by atoms with Crippen LogP contribution in [0, 0.1) is 13.8 Å². The highest BCUT2D eigenvalue weighted by Gasteiger charge is 2.20. The Morgan fingerprint density at radius 3 is 2.02 bits per heavy atom. The minimum atomic E-state index is -1.26. The van der Waals surface area contributed by atoms with Gasteiger partial charge in [0.25, 0.3) is 5.56 Å². The van der Waals surface area contributed by atoms with E-state index in [0.717, 1.165) is 61.8 Å². The minimum Gasteiger partial charge on any atom is -0.495 e. The van der Waals surface area contributed by atoms with Gasteiger partial charge in [-0.25, -0.2) is 14.4 Å². The van der Waals surface area contributed by atoms with Crippen molar-refractivity contribution < 1.29 is 24.5 Å². The summed E-state index contributed by atoms with van der Waals surface area (Å²) in [6, 6.07) is 17.8. The number of carboxylic acid groups (broad SMARTS) is 2. The van der Waals surface area contributed by atoms with Crippen LogP contribution in [-0.2, 0) is 22.7 Å². The molecule has 4 rings (SSSR count). The first-order chi connectivity index (χ1) is 20.1. The predicted octanol–water partition coefficient (Wildman–Crippen LogP) is 2.61. The second kappa shape index (κ2) is 15.4. The number of benzene rings is 2. The zero-order chi connectivity index (χ0) is 30.6. The summed E-state index contributed by atoms with van der Waals surface area (Å²) in [5, 5.41) is 15.6. The second-order valence-electron chi connectivity index (χ2n) is 9.89. The molecular formula is C31H38N4O7. The van der Waals surface area contributed by atoms with Crippen molar-refractivity contribution in [2.24, 2.45) is 0 Å². The van der Waals surface area contributed by atoms with Crippen LogP contribution in [-0.4, -0.2) is 76.0 Å². The number of ether oxygens (including phenoxy) is 1. The van der Waals surface area contributed by atoms with Crippen molar-refractivity contribution in [1.82, 2.24) is 14.0 Å². The van der Waals surface area contributed by atoms with Gasteiger partial charge in [-0.15, -0.1) is 0 Å². The summed E-state index contributed by atoms with van der Waals surface area (Å²) in [5.74, 6) is -1.61. The molecule has 1 saturated heterocycles. The monoisotopic (exact) mass is 578 g/mol. The largest absolute Gasteiger partial charge is 0.495 e. The molecule has 0 amide bonds. The van der Waals surface area contributed by atoms with Gasteiger partial charge in [0.15, 0.2) is 0 Å². The van der Waals surface area contributed by atoms with Crippen molar-refractivity contribution in [2.75, 3.05) is 44.7 Å². The highest BCUT2D eigenvalue weighted by Crippen LogP contribution is 2.28. The van der Waals surface area contributed by atoms with E-state index in [9.17, 15) is 19.2 Å². The van der Waals surface area contributed by atoms with Crippen molar-refractivity contribution in [2.45, 2.75) is 33.4 Å². The van der Waals surface area contributed by atoms with E-state index in [2.05, 4.69) is 15.9 Å². The Bertz CT molecular complexity index is 1490. The summed E-state index contributed by atoms with van der Waals surface area (Å²) < 4.78 is 8.65. The number of hydrogen-bond acceptors (Lipinski definition) is 7. The molecular weight excluding hydrogens is 540 g/mol. The fourth-order valence-corrected chi connectivity index (χ4v) is 4.80. The zero-order valence-electron chi connectivity index (χ0n) is 24.2. The fourth-order valence-electron chi connectivity index (χ4n) is 4.80. The Morgan fingerprint density at radius 2 is 1.43 bits per heavy atom. The Morgan fingerprint density at radius 1 is 0.833 bits per heavy atom. The summed E-state index contributed by atoms with van der Waals surface area (Å²) in [6.45, 7) is 9.33. The van der Waals surface area contributed by atoms with Gasteiger partial charge < -0.3 is 19.8 Å². The summed E-state index contributed by atoms with van der Waals surface area (Å²) >= 11 is 0. The second-order valence-corrected chi connectivity index (χ2v) is 9.89. The number of piperazine rings is 1. The van der Waals surface area contributed by atoms with E-state index in [1.165, 1.54) is 4.57 Å². The average molecular weight is 579 g/mol. The molecule has 1 aliphatic rings. The van der Waals surface area contributed by atoms with Crippen LogP contribution in [0.4, 0.5) is 5.69 Å². The summed E-state index contributed by atoms with van der Waals surface area (Å²) in [5.41, 5.74) is 3.07.